The van der Waals surface area contributed by atoms with Crippen LogP contribution >= 0.6 is 0 Å². The van der Waals surface area contributed by atoms with E-state index in [1.165, 1.54) is 12.8 Å². The molecule has 0 fully saturated rings. The third-order valence-corrected chi connectivity index (χ3v) is 3.11. The Balaban J connectivity index is 3.28. The molecule has 1 amide bonds. The van der Waals surface area contributed by atoms with E-state index >= 15 is 0 Å². The van der Waals surface area contributed by atoms with Gasteiger partial charge in [-0.15, -0.1) is 0 Å². The van der Waals surface area contributed by atoms with Crippen molar-refractivity contribution in [1.29, 1.82) is 0 Å². The van der Waals surface area contributed by atoms with Gasteiger partial charge in [-0.05, 0) is 58.9 Å². The largest absolute Gasteiger partial charge is 0.471 e. The summed E-state index contributed by atoms with van der Waals surface area (Å²) in [6, 6.07) is 0. The van der Waals surface area contributed by atoms with Gasteiger partial charge in [-0.2, -0.15) is 13.2 Å². The average Bonchev–Trinajstić information content (AvgIpc) is 2.41. The molecule has 0 aliphatic rings. The molecule has 4 nitrogen and oxygen atoms in total. The second-order valence-electron chi connectivity index (χ2n) is 5.22. The monoisotopic (exact) mass is 311 g/mol. The SMILES string of the molecule is CCCCN(C)CCCCNCCCNC(=O)C(F)(F)F. The smallest absolute Gasteiger partial charge is 0.348 e. The lowest BCUT2D eigenvalue weighted by Gasteiger charge is -2.15. The van der Waals surface area contributed by atoms with E-state index < -0.39 is 12.1 Å². The Labute approximate surface area is 125 Å². The second-order valence-corrected chi connectivity index (χ2v) is 5.22. The van der Waals surface area contributed by atoms with Crippen LogP contribution in [0.4, 0.5) is 13.2 Å². The van der Waals surface area contributed by atoms with Gasteiger partial charge in [0.15, 0.2) is 0 Å². The molecule has 126 valence electrons. The molecule has 0 spiro atoms. The van der Waals surface area contributed by atoms with Crippen molar-refractivity contribution in [3.63, 3.8) is 0 Å². The summed E-state index contributed by atoms with van der Waals surface area (Å²) >= 11 is 0. The fraction of sp³-hybridized carbons (Fsp3) is 0.929. The summed E-state index contributed by atoms with van der Waals surface area (Å²) in [5, 5.41) is 5.01. The van der Waals surface area contributed by atoms with Crippen molar-refractivity contribution in [1.82, 2.24) is 15.5 Å². The van der Waals surface area contributed by atoms with Crippen LogP contribution in [0.3, 0.4) is 0 Å². The predicted octanol–water partition coefficient (Wildman–Crippen LogP) is 2.16. The van der Waals surface area contributed by atoms with Crippen LogP contribution in [0.25, 0.3) is 0 Å². The summed E-state index contributed by atoms with van der Waals surface area (Å²) in [6.45, 7) is 5.89. The van der Waals surface area contributed by atoms with Gasteiger partial charge in [-0.3, -0.25) is 4.79 Å². The van der Waals surface area contributed by atoms with Crippen LogP contribution in [0.15, 0.2) is 0 Å². The lowest BCUT2D eigenvalue weighted by atomic mass is 10.2. The Morgan fingerprint density at radius 2 is 1.62 bits per heavy atom. The molecule has 0 bridgehead atoms. The van der Waals surface area contributed by atoms with Gasteiger partial charge in [-0.25, -0.2) is 0 Å². The van der Waals surface area contributed by atoms with Crippen LogP contribution < -0.4 is 10.6 Å². The highest BCUT2D eigenvalue weighted by Gasteiger charge is 2.38. The normalized spacial score (nSPS) is 11.9. The lowest BCUT2D eigenvalue weighted by molar-refractivity contribution is -0.173. The summed E-state index contributed by atoms with van der Waals surface area (Å²) in [6.07, 6.45) is 0.300. The van der Waals surface area contributed by atoms with Gasteiger partial charge in [-0.1, -0.05) is 13.3 Å². The molecule has 0 aliphatic carbocycles. The number of alkyl halides is 3. The number of carbonyl (C=O) groups excluding carboxylic acids is 1. The van der Waals surface area contributed by atoms with Gasteiger partial charge >= 0.3 is 12.1 Å². The Morgan fingerprint density at radius 1 is 1.00 bits per heavy atom. The number of halogens is 3. The van der Waals surface area contributed by atoms with Crippen molar-refractivity contribution < 1.29 is 18.0 Å². The van der Waals surface area contributed by atoms with E-state index in [2.05, 4.69) is 24.2 Å². The molecule has 0 saturated carbocycles. The van der Waals surface area contributed by atoms with Crippen molar-refractivity contribution in [2.75, 3.05) is 39.8 Å². The summed E-state index contributed by atoms with van der Waals surface area (Å²) in [5.41, 5.74) is 0. The fourth-order valence-corrected chi connectivity index (χ4v) is 1.81. The Hall–Kier alpha value is -0.820. The Bertz CT molecular complexity index is 273. The van der Waals surface area contributed by atoms with Gasteiger partial charge in [0.25, 0.3) is 0 Å². The quantitative estimate of drug-likeness (QED) is 0.543. The van der Waals surface area contributed by atoms with E-state index in [0.29, 0.717) is 13.0 Å². The molecule has 0 radical (unpaired) electrons. The highest BCUT2D eigenvalue weighted by atomic mass is 19.4. The first-order valence-electron chi connectivity index (χ1n) is 7.62. The van der Waals surface area contributed by atoms with E-state index in [4.69, 9.17) is 0 Å². The third kappa shape index (κ3) is 12.6. The summed E-state index contributed by atoms with van der Waals surface area (Å²) in [4.78, 5) is 12.8. The third-order valence-electron chi connectivity index (χ3n) is 3.11. The number of nitrogens with one attached hydrogen (secondary N) is 2. The molecule has 0 aromatic carbocycles. The van der Waals surface area contributed by atoms with E-state index in [1.807, 2.05) is 5.32 Å². The number of rotatable bonds is 12. The van der Waals surface area contributed by atoms with Gasteiger partial charge in [0, 0.05) is 6.54 Å². The van der Waals surface area contributed by atoms with E-state index in [-0.39, 0.29) is 6.54 Å². The molecule has 0 aliphatic heterocycles. The van der Waals surface area contributed by atoms with Crippen LogP contribution in [-0.2, 0) is 4.79 Å². The number of unbranched alkanes of at least 4 members (excludes halogenated alkanes) is 2. The summed E-state index contributed by atoms with van der Waals surface area (Å²) in [7, 11) is 2.12. The molecule has 0 heterocycles. The maximum absolute atomic E-state index is 11.9. The molecular weight excluding hydrogens is 283 g/mol. The second kappa shape index (κ2) is 11.8. The molecule has 0 rings (SSSR count). The van der Waals surface area contributed by atoms with Crippen LogP contribution in [0.1, 0.15) is 39.0 Å². The van der Waals surface area contributed by atoms with Crippen LogP contribution in [0.2, 0.25) is 0 Å². The van der Waals surface area contributed by atoms with Crippen LogP contribution in [0.5, 0.6) is 0 Å². The van der Waals surface area contributed by atoms with E-state index in [1.54, 1.807) is 0 Å². The molecule has 0 atom stereocenters. The molecular formula is C14H28F3N3O. The van der Waals surface area contributed by atoms with E-state index in [9.17, 15) is 18.0 Å². The Kier molecular flexibility index (Phi) is 11.3. The first kappa shape index (κ1) is 20.2. The number of hydrogen-bond acceptors (Lipinski definition) is 3. The van der Waals surface area contributed by atoms with Crippen LogP contribution in [0, 0.1) is 0 Å². The van der Waals surface area contributed by atoms with E-state index in [0.717, 1.165) is 32.5 Å². The minimum absolute atomic E-state index is 0.0467. The van der Waals surface area contributed by atoms with Crippen molar-refractivity contribution in [2.45, 2.75) is 45.2 Å². The predicted molar refractivity (Wildman–Crippen MR) is 78.2 cm³/mol. The maximum atomic E-state index is 11.9. The molecule has 21 heavy (non-hydrogen) atoms. The summed E-state index contributed by atoms with van der Waals surface area (Å²) in [5.74, 6) is -1.86. The first-order valence-corrected chi connectivity index (χ1v) is 7.62. The maximum Gasteiger partial charge on any atom is 0.471 e. The topological polar surface area (TPSA) is 44.4 Å². The first-order chi connectivity index (χ1) is 9.88. The number of hydrogen-bond donors (Lipinski definition) is 2. The standard InChI is InChI=1S/C14H28F3N3O/c1-3-4-11-20(2)12-6-5-8-18-9-7-10-19-13(21)14(15,16)17/h18H,3-12H2,1-2H3,(H,19,21). The van der Waals surface area contributed by atoms with Gasteiger partial charge < -0.3 is 15.5 Å². The van der Waals surface area contributed by atoms with Gasteiger partial charge in [0.05, 0.1) is 0 Å². The van der Waals surface area contributed by atoms with Crippen LogP contribution in [-0.4, -0.2) is 56.8 Å². The molecule has 0 aromatic heterocycles. The zero-order valence-corrected chi connectivity index (χ0v) is 13.1. The Morgan fingerprint density at radius 3 is 2.24 bits per heavy atom. The molecule has 0 saturated heterocycles. The molecule has 0 aromatic rings. The van der Waals surface area contributed by atoms with Crippen molar-refractivity contribution >= 4 is 5.91 Å². The molecule has 2 N–H and O–H groups in total. The van der Waals surface area contributed by atoms with Gasteiger partial charge in [0.2, 0.25) is 0 Å². The summed E-state index contributed by atoms with van der Waals surface area (Å²) < 4.78 is 35.6. The number of nitrogens with zero attached hydrogens (tertiary/aromatic N) is 1. The zero-order valence-electron chi connectivity index (χ0n) is 13.1. The average molecular weight is 311 g/mol. The minimum atomic E-state index is -4.78. The number of carbonyl (C=O) groups is 1. The van der Waals surface area contributed by atoms with Gasteiger partial charge in [0.1, 0.15) is 0 Å². The molecule has 7 heteroatoms. The lowest BCUT2D eigenvalue weighted by Crippen LogP contribution is -2.38. The number of amides is 1. The fourth-order valence-electron chi connectivity index (χ4n) is 1.81. The molecule has 0 unspecified atom stereocenters. The highest BCUT2D eigenvalue weighted by molar-refractivity contribution is 5.81. The highest BCUT2D eigenvalue weighted by Crippen LogP contribution is 2.13. The van der Waals surface area contributed by atoms with Crippen molar-refractivity contribution in [3.8, 4) is 0 Å². The van der Waals surface area contributed by atoms with Crippen molar-refractivity contribution in [2.24, 2.45) is 0 Å². The van der Waals surface area contributed by atoms with Crippen molar-refractivity contribution in [3.05, 3.63) is 0 Å². The zero-order chi connectivity index (χ0) is 16.1. The minimum Gasteiger partial charge on any atom is -0.348 e.